The van der Waals surface area contributed by atoms with E-state index < -0.39 is 0 Å². The minimum absolute atomic E-state index is 0.899. The van der Waals surface area contributed by atoms with Gasteiger partial charge in [-0.3, -0.25) is 4.98 Å². The molecule has 0 radical (unpaired) electrons. The summed E-state index contributed by atoms with van der Waals surface area (Å²) in [5.41, 5.74) is 2.24. The second-order valence-corrected chi connectivity index (χ2v) is 3.18. The first kappa shape index (κ1) is 8.34. The van der Waals surface area contributed by atoms with Gasteiger partial charge in [-0.2, -0.15) is 0 Å². The Balaban J connectivity index is 2.91. The minimum atomic E-state index is 0.899. The summed E-state index contributed by atoms with van der Waals surface area (Å²) in [5, 5.41) is 0. The molecule has 0 bridgehead atoms. The second-order valence-electron chi connectivity index (χ2n) is 2.66. The van der Waals surface area contributed by atoms with Gasteiger partial charge in [-0.25, -0.2) is 0 Å². The molecular formula is C9H11NS. The average molecular weight is 165 g/mol. The van der Waals surface area contributed by atoms with E-state index in [1.54, 1.807) is 6.20 Å². The van der Waals surface area contributed by atoms with Gasteiger partial charge in [0.05, 0.1) is 5.69 Å². The molecule has 0 N–H and O–H groups in total. The smallest absolute Gasteiger partial charge is 0.0629 e. The molecule has 0 unspecified atom stereocenters. The Morgan fingerprint density at radius 2 is 2.18 bits per heavy atom. The Morgan fingerprint density at radius 3 is 2.64 bits per heavy atom. The monoisotopic (exact) mass is 165 g/mol. The number of thiol groups is 1. The highest BCUT2D eigenvalue weighted by molar-refractivity contribution is 7.80. The fourth-order valence-electron chi connectivity index (χ4n) is 0.779. The van der Waals surface area contributed by atoms with Crippen LogP contribution >= 0.6 is 12.6 Å². The summed E-state index contributed by atoms with van der Waals surface area (Å²) in [7, 11) is 0. The van der Waals surface area contributed by atoms with Crippen molar-refractivity contribution in [1.82, 2.24) is 4.98 Å². The Hall–Kier alpha value is -0.760. The van der Waals surface area contributed by atoms with Crippen LogP contribution in [-0.2, 0) is 0 Å². The van der Waals surface area contributed by atoms with Crippen LogP contribution in [0.15, 0.2) is 28.8 Å². The molecule has 0 aromatic carbocycles. The summed E-state index contributed by atoms with van der Waals surface area (Å²) >= 11 is 4.14. The van der Waals surface area contributed by atoms with Crippen LogP contribution in [0.3, 0.4) is 0 Å². The van der Waals surface area contributed by atoms with Gasteiger partial charge in [0, 0.05) is 11.1 Å². The van der Waals surface area contributed by atoms with E-state index in [0.717, 1.165) is 10.6 Å². The fraction of sp³-hybridized carbons (Fsp3) is 0.222. The van der Waals surface area contributed by atoms with Crippen molar-refractivity contribution in [2.45, 2.75) is 18.7 Å². The number of aromatic nitrogens is 1. The van der Waals surface area contributed by atoms with Crippen molar-refractivity contribution in [3.63, 3.8) is 0 Å². The molecule has 0 amide bonds. The van der Waals surface area contributed by atoms with E-state index >= 15 is 0 Å². The lowest BCUT2D eigenvalue weighted by Gasteiger charge is -1.93. The van der Waals surface area contributed by atoms with Crippen LogP contribution in [0, 0.1) is 0 Å². The van der Waals surface area contributed by atoms with Crippen LogP contribution in [0.2, 0.25) is 0 Å². The molecule has 0 atom stereocenters. The Labute approximate surface area is 72.6 Å². The lowest BCUT2D eigenvalue weighted by atomic mass is 10.2. The van der Waals surface area contributed by atoms with Crippen LogP contribution in [0.4, 0.5) is 0 Å². The maximum Gasteiger partial charge on any atom is 0.0629 e. The molecule has 0 spiro atoms. The van der Waals surface area contributed by atoms with Gasteiger partial charge in [-0.15, -0.1) is 12.6 Å². The molecule has 58 valence electrons. The molecule has 0 saturated heterocycles. The van der Waals surface area contributed by atoms with Gasteiger partial charge in [0.1, 0.15) is 0 Å². The molecule has 0 aliphatic rings. The third kappa shape index (κ3) is 2.76. The molecule has 0 aliphatic carbocycles. The molecule has 1 aromatic heterocycles. The van der Waals surface area contributed by atoms with E-state index in [9.17, 15) is 0 Å². The van der Waals surface area contributed by atoms with Gasteiger partial charge in [-0.05, 0) is 32.1 Å². The number of nitrogens with zero attached hydrogens (tertiary/aromatic N) is 1. The Morgan fingerprint density at radius 1 is 1.45 bits per heavy atom. The van der Waals surface area contributed by atoms with Crippen molar-refractivity contribution in [3.8, 4) is 0 Å². The highest BCUT2D eigenvalue weighted by atomic mass is 32.1. The quantitative estimate of drug-likeness (QED) is 0.631. The molecule has 1 aromatic rings. The van der Waals surface area contributed by atoms with E-state index in [-0.39, 0.29) is 0 Å². The van der Waals surface area contributed by atoms with Gasteiger partial charge in [0.2, 0.25) is 0 Å². The number of rotatable bonds is 1. The van der Waals surface area contributed by atoms with E-state index in [4.69, 9.17) is 0 Å². The van der Waals surface area contributed by atoms with Crippen LogP contribution in [0.25, 0.3) is 6.08 Å². The van der Waals surface area contributed by atoms with Crippen molar-refractivity contribution >= 4 is 18.7 Å². The van der Waals surface area contributed by atoms with Gasteiger partial charge >= 0.3 is 0 Å². The van der Waals surface area contributed by atoms with Crippen molar-refractivity contribution < 1.29 is 0 Å². The summed E-state index contributed by atoms with van der Waals surface area (Å²) in [4.78, 5) is 5.06. The predicted octanol–water partition coefficient (Wildman–Crippen LogP) is 2.79. The lowest BCUT2D eigenvalue weighted by molar-refractivity contribution is 1.21. The number of hydrogen-bond donors (Lipinski definition) is 1. The molecule has 11 heavy (non-hydrogen) atoms. The summed E-state index contributed by atoms with van der Waals surface area (Å²) in [5.74, 6) is 0. The maximum absolute atomic E-state index is 4.17. The van der Waals surface area contributed by atoms with Crippen LogP contribution in [0.5, 0.6) is 0 Å². The first-order valence-electron chi connectivity index (χ1n) is 3.48. The standard InChI is InChI=1S/C9H11NS/c1-7(2)5-8-3-4-9(11)6-10-8/h3-6,11H,1-2H3. The Bertz CT molecular complexity index is 257. The zero-order valence-corrected chi connectivity index (χ0v) is 7.60. The van der Waals surface area contributed by atoms with E-state index in [2.05, 4.69) is 31.5 Å². The first-order valence-corrected chi connectivity index (χ1v) is 3.93. The van der Waals surface area contributed by atoms with Gasteiger partial charge in [0.15, 0.2) is 0 Å². The lowest BCUT2D eigenvalue weighted by Crippen LogP contribution is -1.79. The average Bonchev–Trinajstić information content (AvgIpc) is 1.93. The molecule has 0 aliphatic heterocycles. The summed E-state index contributed by atoms with van der Waals surface area (Å²) < 4.78 is 0. The fourth-order valence-corrected chi connectivity index (χ4v) is 0.911. The SMILES string of the molecule is CC(C)=Cc1ccc(S)cn1. The van der Waals surface area contributed by atoms with Crippen molar-refractivity contribution in [2.75, 3.05) is 0 Å². The zero-order valence-electron chi connectivity index (χ0n) is 6.70. The number of hydrogen-bond acceptors (Lipinski definition) is 2. The van der Waals surface area contributed by atoms with E-state index in [0.29, 0.717) is 0 Å². The van der Waals surface area contributed by atoms with Crippen LogP contribution in [0.1, 0.15) is 19.5 Å². The second kappa shape index (κ2) is 3.58. The molecule has 1 rings (SSSR count). The van der Waals surface area contributed by atoms with E-state index in [1.165, 1.54) is 5.57 Å². The summed E-state index contributed by atoms with van der Waals surface area (Å²) in [6, 6.07) is 3.89. The summed E-state index contributed by atoms with van der Waals surface area (Å²) in [6.07, 6.45) is 3.78. The van der Waals surface area contributed by atoms with Gasteiger partial charge in [-0.1, -0.05) is 5.57 Å². The first-order chi connectivity index (χ1) is 5.18. The highest BCUT2D eigenvalue weighted by Gasteiger charge is 1.88. The van der Waals surface area contributed by atoms with Crippen molar-refractivity contribution in [2.24, 2.45) is 0 Å². The van der Waals surface area contributed by atoms with Gasteiger partial charge in [0.25, 0.3) is 0 Å². The third-order valence-corrected chi connectivity index (χ3v) is 1.47. The van der Waals surface area contributed by atoms with Crippen LogP contribution in [-0.4, -0.2) is 4.98 Å². The molecular weight excluding hydrogens is 154 g/mol. The summed E-state index contributed by atoms with van der Waals surface area (Å²) in [6.45, 7) is 4.10. The van der Waals surface area contributed by atoms with Crippen LogP contribution < -0.4 is 0 Å². The molecule has 1 nitrogen and oxygen atoms in total. The van der Waals surface area contributed by atoms with Crippen molar-refractivity contribution in [1.29, 1.82) is 0 Å². The van der Waals surface area contributed by atoms with E-state index in [1.807, 2.05) is 18.2 Å². The van der Waals surface area contributed by atoms with Crippen molar-refractivity contribution in [3.05, 3.63) is 29.6 Å². The third-order valence-electron chi connectivity index (χ3n) is 1.21. The number of pyridine rings is 1. The molecule has 2 heteroatoms. The maximum atomic E-state index is 4.17. The molecule has 1 heterocycles. The topological polar surface area (TPSA) is 12.9 Å². The zero-order chi connectivity index (χ0) is 8.27. The Kier molecular flexibility index (Phi) is 2.71. The molecule has 0 fully saturated rings. The normalized spacial score (nSPS) is 9.36. The minimum Gasteiger partial charge on any atom is -0.256 e. The highest BCUT2D eigenvalue weighted by Crippen LogP contribution is 2.06. The van der Waals surface area contributed by atoms with Gasteiger partial charge < -0.3 is 0 Å². The number of allylic oxidation sites excluding steroid dienone is 1. The molecule has 0 saturated carbocycles. The predicted molar refractivity (Wildman–Crippen MR) is 50.8 cm³/mol. The largest absolute Gasteiger partial charge is 0.256 e.